The van der Waals surface area contributed by atoms with Crippen LogP contribution in [0.1, 0.15) is 19.3 Å². The zero-order chi connectivity index (χ0) is 13.7. The van der Waals surface area contributed by atoms with Crippen LogP contribution in [-0.4, -0.2) is 36.5 Å². The Morgan fingerprint density at radius 2 is 2.00 bits per heavy atom. The summed E-state index contributed by atoms with van der Waals surface area (Å²) in [5.74, 6) is -0.168. The van der Waals surface area contributed by atoms with Gasteiger partial charge < -0.3 is 15.4 Å². The molecule has 0 bridgehead atoms. The van der Waals surface area contributed by atoms with E-state index in [-0.39, 0.29) is 43.1 Å². The van der Waals surface area contributed by atoms with E-state index in [9.17, 15) is 9.18 Å². The van der Waals surface area contributed by atoms with Crippen molar-refractivity contribution in [2.75, 3.05) is 19.7 Å². The van der Waals surface area contributed by atoms with Crippen molar-refractivity contribution >= 4 is 18.3 Å². The molecule has 1 aliphatic rings. The number of piperidine rings is 1. The number of rotatable bonds is 4. The summed E-state index contributed by atoms with van der Waals surface area (Å²) in [5.41, 5.74) is 5.79. The number of nitrogens with zero attached hydrogens (tertiary/aromatic N) is 1. The SMILES string of the molecule is Cl.NC1CCN(C(=O)CCOc2ccccc2F)CC1. The number of carbonyl (C=O) groups excluding carboxylic acids is 1. The number of likely N-dealkylation sites (tertiary alicyclic amines) is 1. The smallest absolute Gasteiger partial charge is 0.225 e. The van der Waals surface area contributed by atoms with Gasteiger partial charge in [0, 0.05) is 19.1 Å². The molecule has 0 spiro atoms. The van der Waals surface area contributed by atoms with Gasteiger partial charge in [0.2, 0.25) is 5.91 Å². The van der Waals surface area contributed by atoms with Crippen molar-refractivity contribution < 1.29 is 13.9 Å². The van der Waals surface area contributed by atoms with Crippen LogP contribution < -0.4 is 10.5 Å². The minimum atomic E-state index is -0.404. The third kappa shape index (κ3) is 4.65. The molecule has 0 saturated carbocycles. The molecule has 6 heteroatoms. The topological polar surface area (TPSA) is 55.6 Å². The highest BCUT2D eigenvalue weighted by molar-refractivity contribution is 5.85. The lowest BCUT2D eigenvalue weighted by atomic mass is 10.1. The molecule has 0 aliphatic carbocycles. The highest BCUT2D eigenvalue weighted by Crippen LogP contribution is 2.16. The Kier molecular flexibility index (Phi) is 6.75. The van der Waals surface area contributed by atoms with E-state index in [1.54, 1.807) is 23.1 Å². The van der Waals surface area contributed by atoms with Crippen LogP contribution in [0.4, 0.5) is 4.39 Å². The van der Waals surface area contributed by atoms with Gasteiger partial charge in [-0.2, -0.15) is 0 Å². The summed E-state index contributed by atoms with van der Waals surface area (Å²) in [6.45, 7) is 1.61. The predicted octanol–water partition coefficient (Wildman–Crippen LogP) is 1.97. The zero-order valence-electron chi connectivity index (χ0n) is 11.3. The van der Waals surface area contributed by atoms with Gasteiger partial charge in [0.05, 0.1) is 13.0 Å². The van der Waals surface area contributed by atoms with Crippen molar-refractivity contribution in [1.82, 2.24) is 4.90 Å². The summed E-state index contributed by atoms with van der Waals surface area (Å²) in [6.07, 6.45) is 1.96. The van der Waals surface area contributed by atoms with Crippen LogP contribution >= 0.6 is 12.4 Å². The van der Waals surface area contributed by atoms with Crippen LogP contribution in [0.25, 0.3) is 0 Å². The molecular weight excluding hydrogens is 283 g/mol. The molecule has 2 rings (SSSR count). The second kappa shape index (κ2) is 8.07. The van der Waals surface area contributed by atoms with Gasteiger partial charge in [-0.3, -0.25) is 4.79 Å². The molecule has 112 valence electrons. The van der Waals surface area contributed by atoms with E-state index in [0.717, 1.165) is 12.8 Å². The minimum Gasteiger partial charge on any atom is -0.490 e. The number of hydrogen-bond donors (Lipinski definition) is 1. The van der Waals surface area contributed by atoms with E-state index in [0.29, 0.717) is 13.1 Å². The quantitative estimate of drug-likeness (QED) is 0.925. The van der Waals surface area contributed by atoms with Crippen LogP contribution in [0.15, 0.2) is 24.3 Å². The molecule has 1 aromatic rings. The van der Waals surface area contributed by atoms with Crippen LogP contribution in [-0.2, 0) is 4.79 Å². The van der Waals surface area contributed by atoms with Crippen LogP contribution in [0.3, 0.4) is 0 Å². The minimum absolute atomic E-state index is 0. The molecule has 1 aliphatic heterocycles. The predicted molar refractivity (Wildman–Crippen MR) is 77.5 cm³/mol. The Morgan fingerprint density at radius 1 is 1.35 bits per heavy atom. The molecule has 2 N–H and O–H groups in total. The lowest BCUT2D eigenvalue weighted by Gasteiger charge is -2.30. The first kappa shape index (κ1) is 16.7. The Morgan fingerprint density at radius 3 is 2.65 bits per heavy atom. The van der Waals surface area contributed by atoms with E-state index in [2.05, 4.69) is 0 Å². The Balaban J connectivity index is 0.00000200. The first-order chi connectivity index (χ1) is 9.16. The molecule has 1 heterocycles. The number of para-hydroxylation sites is 1. The Hall–Kier alpha value is -1.33. The summed E-state index contributed by atoms with van der Waals surface area (Å²) >= 11 is 0. The van der Waals surface area contributed by atoms with Gasteiger partial charge in [0.1, 0.15) is 0 Å². The monoisotopic (exact) mass is 302 g/mol. The van der Waals surface area contributed by atoms with Crippen molar-refractivity contribution in [3.05, 3.63) is 30.1 Å². The molecule has 0 unspecified atom stereocenters. The van der Waals surface area contributed by atoms with E-state index < -0.39 is 5.82 Å². The van der Waals surface area contributed by atoms with Crippen LogP contribution in [0.2, 0.25) is 0 Å². The summed E-state index contributed by atoms with van der Waals surface area (Å²) in [7, 11) is 0. The maximum Gasteiger partial charge on any atom is 0.225 e. The number of benzene rings is 1. The first-order valence-corrected chi connectivity index (χ1v) is 6.57. The maximum atomic E-state index is 13.3. The van der Waals surface area contributed by atoms with Crippen LogP contribution in [0, 0.1) is 5.82 Å². The van der Waals surface area contributed by atoms with Gasteiger partial charge in [0.25, 0.3) is 0 Å². The van der Waals surface area contributed by atoms with Crippen molar-refractivity contribution in [1.29, 1.82) is 0 Å². The van der Waals surface area contributed by atoms with Gasteiger partial charge in [-0.25, -0.2) is 4.39 Å². The van der Waals surface area contributed by atoms with Crippen molar-refractivity contribution in [2.45, 2.75) is 25.3 Å². The fourth-order valence-electron chi connectivity index (χ4n) is 2.12. The zero-order valence-corrected chi connectivity index (χ0v) is 12.1. The van der Waals surface area contributed by atoms with Crippen molar-refractivity contribution in [3.63, 3.8) is 0 Å². The van der Waals surface area contributed by atoms with Crippen molar-refractivity contribution in [3.8, 4) is 5.75 Å². The molecule has 1 fully saturated rings. The third-order valence-electron chi connectivity index (χ3n) is 3.30. The molecule has 1 saturated heterocycles. The summed E-state index contributed by atoms with van der Waals surface area (Å²) in [4.78, 5) is 13.7. The number of hydrogen-bond acceptors (Lipinski definition) is 3. The number of carbonyl (C=O) groups is 1. The van der Waals surface area contributed by atoms with Gasteiger partial charge in [-0.1, -0.05) is 12.1 Å². The fraction of sp³-hybridized carbons (Fsp3) is 0.500. The molecule has 0 radical (unpaired) electrons. The van der Waals surface area contributed by atoms with Gasteiger partial charge in [-0.15, -0.1) is 12.4 Å². The lowest BCUT2D eigenvalue weighted by Crippen LogP contribution is -2.43. The molecule has 0 aromatic heterocycles. The highest BCUT2D eigenvalue weighted by atomic mass is 35.5. The third-order valence-corrected chi connectivity index (χ3v) is 3.30. The summed E-state index contributed by atoms with van der Waals surface area (Å²) in [6, 6.07) is 6.40. The average molecular weight is 303 g/mol. The number of ether oxygens (including phenoxy) is 1. The second-order valence-corrected chi connectivity index (χ2v) is 4.75. The lowest BCUT2D eigenvalue weighted by molar-refractivity contribution is -0.132. The number of nitrogens with two attached hydrogens (primary N) is 1. The molecular formula is C14H20ClFN2O2. The normalized spacial score (nSPS) is 15.6. The number of halogens is 2. The highest BCUT2D eigenvalue weighted by Gasteiger charge is 2.20. The van der Waals surface area contributed by atoms with Gasteiger partial charge in [-0.05, 0) is 25.0 Å². The van der Waals surface area contributed by atoms with Gasteiger partial charge in [0.15, 0.2) is 11.6 Å². The van der Waals surface area contributed by atoms with Gasteiger partial charge >= 0.3 is 0 Å². The molecule has 0 atom stereocenters. The van der Waals surface area contributed by atoms with E-state index >= 15 is 0 Å². The first-order valence-electron chi connectivity index (χ1n) is 6.57. The average Bonchev–Trinajstić information content (AvgIpc) is 2.41. The molecule has 1 amide bonds. The largest absolute Gasteiger partial charge is 0.490 e. The summed E-state index contributed by atoms with van der Waals surface area (Å²) in [5, 5.41) is 0. The van der Waals surface area contributed by atoms with Crippen LogP contribution in [0.5, 0.6) is 5.75 Å². The fourth-order valence-corrected chi connectivity index (χ4v) is 2.12. The summed E-state index contributed by atoms with van der Waals surface area (Å²) < 4.78 is 18.5. The molecule has 4 nitrogen and oxygen atoms in total. The Labute approximate surface area is 124 Å². The van der Waals surface area contributed by atoms with E-state index in [1.807, 2.05) is 0 Å². The molecule has 1 aromatic carbocycles. The standard InChI is InChI=1S/C14H19FN2O2.ClH/c15-12-3-1-2-4-13(12)19-10-7-14(18)17-8-5-11(16)6-9-17;/h1-4,11H,5-10,16H2;1H. The van der Waals surface area contributed by atoms with E-state index in [4.69, 9.17) is 10.5 Å². The molecule has 20 heavy (non-hydrogen) atoms. The number of amides is 1. The Bertz CT molecular complexity index is 437. The second-order valence-electron chi connectivity index (χ2n) is 4.75. The van der Waals surface area contributed by atoms with E-state index in [1.165, 1.54) is 6.07 Å². The maximum absolute atomic E-state index is 13.3. The van der Waals surface area contributed by atoms with Crippen molar-refractivity contribution in [2.24, 2.45) is 5.73 Å².